The Morgan fingerprint density at radius 2 is 1.87 bits per heavy atom. The Kier molecular flexibility index (Phi) is 7.69. The molecule has 1 saturated heterocycles. The van der Waals surface area contributed by atoms with E-state index < -0.39 is 6.03 Å². The topological polar surface area (TPSA) is 134 Å². The number of rotatable bonds is 2. The van der Waals surface area contributed by atoms with Crippen molar-refractivity contribution in [3.63, 3.8) is 0 Å². The number of carbonyl (C=O) groups is 3. The molecule has 11 nitrogen and oxygen atoms in total. The second-order valence-electron chi connectivity index (χ2n) is 9.74. The molecule has 0 radical (unpaired) electrons. The number of fused-ring (bicyclic) bond motifs is 9. The summed E-state index contributed by atoms with van der Waals surface area (Å²) in [6, 6.07) is 13.1. The lowest BCUT2D eigenvalue weighted by molar-refractivity contribution is -0.133. The fourth-order valence-corrected chi connectivity index (χ4v) is 5.11. The maximum Gasteiger partial charge on any atom is 0.319 e. The van der Waals surface area contributed by atoms with Gasteiger partial charge in [-0.2, -0.15) is 0 Å². The Balaban J connectivity index is 1.46. The van der Waals surface area contributed by atoms with Gasteiger partial charge in [0.25, 0.3) is 5.91 Å². The molecule has 202 valence electrons. The number of nitrogens with zero attached hydrogens (tertiary/aromatic N) is 5. The molecular weight excluding hydrogens is 498 g/mol. The summed E-state index contributed by atoms with van der Waals surface area (Å²) < 4.78 is 6.28. The number of pyridine rings is 2. The number of hydrogen-bond donors (Lipinski definition) is 2. The van der Waals surface area contributed by atoms with E-state index in [0.717, 1.165) is 5.56 Å². The molecule has 5 heterocycles. The lowest BCUT2D eigenvalue weighted by Gasteiger charge is -2.28. The van der Waals surface area contributed by atoms with Gasteiger partial charge in [-0.05, 0) is 49.9 Å². The van der Waals surface area contributed by atoms with Gasteiger partial charge in [0.1, 0.15) is 18.1 Å². The number of urea groups is 1. The molecule has 1 aromatic carbocycles. The van der Waals surface area contributed by atoms with Crippen molar-refractivity contribution in [2.75, 3.05) is 44.7 Å². The summed E-state index contributed by atoms with van der Waals surface area (Å²) in [4.78, 5) is 52.4. The number of aromatic nitrogens is 2. The van der Waals surface area contributed by atoms with E-state index in [-0.39, 0.29) is 37.0 Å². The predicted molar refractivity (Wildman–Crippen MR) is 145 cm³/mol. The van der Waals surface area contributed by atoms with Crippen LogP contribution in [0.25, 0.3) is 11.3 Å². The highest BCUT2D eigenvalue weighted by Gasteiger charge is 2.40. The number of carbonyl (C=O) groups excluding carboxylic acids is 3. The number of ether oxygens (including phenoxy) is 1. The first kappa shape index (κ1) is 26.1. The molecule has 3 aliphatic rings. The van der Waals surface area contributed by atoms with Crippen LogP contribution in [-0.4, -0.2) is 89.5 Å². The minimum absolute atomic E-state index is 0.0987. The molecule has 4 amide bonds. The maximum atomic E-state index is 13.5. The molecule has 2 aromatic heterocycles. The standard InChI is InChI=1S/C28H31N7O4/c1-33-13-12-32-27(37)20-8-6-19(7-9-20)26-24(5-3-11-31-26)39-18-23-14-22(16-34(23)25(36)17-33)35(28(29)38)21-4-2-10-30-15-21/h2-11,15,22-23H,12-14,16-18H2,1H3,(H2,29,38)(H,32,37)/t22-,23-/m0/s1. The molecule has 3 aromatic rings. The molecule has 3 N–H and O–H groups in total. The SMILES string of the molecule is CN1CCNC(=O)c2ccc(cc2)-c2ncccc2OC[C@@H]2C[C@H](N(C(N)=O)c3cccnc3)CN2C(=O)C1. The molecule has 3 aliphatic heterocycles. The number of nitrogens with two attached hydrogens (primary N) is 1. The lowest BCUT2D eigenvalue weighted by Crippen LogP contribution is -2.47. The first-order valence-electron chi connectivity index (χ1n) is 12.8. The number of primary amides is 1. The average molecular weight is 530 g/mol. The van der Waals surface area contributed by atoms with Crippen molar-refractivity contribution in [3.8, 4) is 17.0 Å². The number of hydrogen-bond acceptors (Lipinski definition) is 7. The van der Waals surface area contributed by atoms with Crippen molar-refractivity contribution in [3.05, 3.63) is 72.7 Å². The number of amides is 4. The third kappa shape index (κ3) is 5.83. The van der Waals surface area contributed by atoms with E-state index in [2.05, 4.69) is 15.3 Å². The van der Waals surface area contributed by atoms with E-state index in [1.807, 2.05) is 30.1 Å². The molecule has 2 atom stereocenters. The van der Waals surface area contributed by atoms with Crippen molar-refractivity contribution >= 4 is 23.5 Å². The summed E-state index contributed by atoms with van der Waals surface area (Å²) in [6.07, 6.45) is 5.37. The molecule has 11 heteroatoms. The molecule has 0 aliphatic carbocycles. The Bertz CT molecular complexity index is 1340. The van der Waals surface area contributed by atoms with Gasteiger partial charge < -0.3 is 20.7 Å². The van der Waals surface area contributed by atoms with Crippen LogP contribution >= 0.6 is 0 Å². The summed E-state index contributed by atoms with van der Waals surface area (Å²) in [7, 11) is 1.83. The van der Waals surface area contributed by atoms with Crippen LogP contribution in [0.2, 0.25) is 0 Å². The zero-order valence-electron chi connectivity index (χ0n) is 21.7. The first-order valence-corrected chi connectivity index (χ1v) is 12.8. The molecule has 1 fully saturated rings. The van der Waals surface area contributed by atoms with Crippen LogP contribution in [0.3, 0.4) is 0 Å². The number of anilines is 1. The van der Waals surface area contributed by atoms with Gasteiger partial charge in [0.05, 0.1) is 30.5 Å². The van der Waals surface area contributed by atoms with Gasteiger partial charge in [0.2, 0.25) is 5.91 Å². The van der Waals surface area contributed by atoms with Crippen LogP contribution < -0.4 is 20.7 Å². The van der Waals surface area contributed by atoms with E-state index in [1.165, 1.54) is 4.90 Å². The normalized spacial score (nSPS) is 20.4. The quantitative estimate of drug-likeness (QED) is 0.517. The summed E-state index contributed by atoms with van der Waals surface area (Å²) in [6.45, 7) is 1.54. The van der Waals surface area contributed by atoms with Crippen molar-refractivity contribution in [2.24, 2.45) is 5.73 Å². The van der Waals surface area contributed by atoms with E-state index in [4.69, 9.17) is 10.5 Å². The fraction of sp³-hybridized carbons (Fsp3) is 0.321. The Morgan fingerprint density at radius 1 is 1.10 bits per heavy atom. The highest BCUT2D eigenvalue weighted by atomic mass is 16.5. The van der Waals surface area contributed by atoms with Gasteiger partial charge in [-0.15, -0.1) is 0 Å². The average Bonchev–Trinajstić information content (AvgIpc) is 3.36. The van der Waals surface area contributed by atoms with Crippen molar-refractivity contribution in [2.45, 2.75) is 18.5 Å². The number of nitrogens with one attached hydrogen (secondary N) is 1. The smallest absolute Gasteiger partial charge is 0.319 e. The second kappa shape index (κ2) is 11.5. The monoisotopic (exact) mass is 529 g/mol. The number of likely N-dealkylation sites (N-methyl/N-ethyl adjacent to an activating group) is 1. The van der Waals surface area contributed by atoms with Crippen molar-refractivity contribution in [1.29, 1.82) is 0 Å². The molecule has 2 bridgehead atoms. The first-order chi connectivity index (χ1) is 18.9. The highest BCUT2D eigenvalue weighted by Crippen LogP contribution is 2.31. The van der Waals surface area contributed by atoms with Gasteiger partial charge in [0, 0.05) is 43.2 Å². The van der Waals surface area contributed by atoms with Gasteiger partial charge in [-0.25, -0.2) is 4.79 Å². The summed E-state index contributed by atoms with van der Waals surface area (Å²) in [5.41, 5.74) is 8.34. The van der Waals surface area contributed by atoms with Crippen LogP contribution in [-0.2, 0) is 4.79 Å². The molecule has 0 spiro atoms. The fourth-order valence-electron chi connectivity index (χ4n) is 5.11. The second-order valence-corrected chi connectivity index (χ2v) is 9.74. The van der Waals surface area contributed by atoms with Crippen LogP contribution in [0.5, 0.6) is 5.75 Å². The van der Waals surface area contributed by atoms with Crippen LogP contribution in [0.4, 0.5) is 10.5 Å². The molecular formula is C28H31N7O4. The van der Waals surface area contributed by atoms with Crippen LogP contribution in [0.15, 0.2) is 67.1 Å². The minimum atomic E-state index is -0.609. The zero-order valence-corrected chi connectivity index (χ0v) is 21.7. The molecule has 39 heavy (non-hydrogen) atoms. The molecule has 0 unspecified atom stereocenters. The summed E-state index contributed by atoms with van der Waals surface area (Å²) in [5, 5.41) is 2.91. The van der Waals surface area contributed by atoms with Crippen molar-refractivity contribution in [1.82, 2.24) is 25.1 Å². The van der Waals surface area contributed by atoms with E-state index >= 15 is 0 Å². The Morgan fingerprint density at radius 3 is 2.62 bits per heavy atom. The Labute approximate surface area is 226 Å². The third-order valence-corrected chi connectivity index (χ3v) is 7.05. The highest BCUT2D eigenvalue weighted by molar-refractivity contribution is 5.94. The summed E-state index contributed by atoms with van der Waals surface area (Å²) in [5.74, 6) is 0.275. The lowest BCUT2D eigenvalue weighted by atomic mass is 10.1. The molecule has 6 rings (SSSR count). The minimum Gasteiger partial charge on any atom is -0.489 e. The molecule has 0 saturated carbocycles. The predicted octanol–water partition coefficient (Wildman–Crippen LogP) is 1.75. The van der Waals surface area contributed by atoms with Gasteiger partial charge in [0.15, 0.2) is 0 Å². The largest absolute Gasteiger partial charge is 0.489 e. The van der Waals surface area contributed by atoms with E-state index in [1.54, 1.807) is 53.8 Å². The van der Waals surface area contributed by atoms with Gasteiger partial charge in [-0.3, -0.25) is 29.4 Å². The third-order valence-electron chi connectivity index (χ3n) is 7.05. The van der Waals surface area contributed by atoms with Crippen LogP contribution in [0, 0.1) is 0 Å². The zero-order chi connectivity index (χ0) is 27.4. The van der Waals surface area contributed by atoms with Gasteiger partial charge in [-0.1, -0.05) is 12.1 Å². The maximum absolute atomic E-state index is 13.5. The van der Waals surface area contributed by atoms with E-state index in [9.17, 15) is 14.4 Å². The van der Waals surface area contributed by atoms with E-state index in [0.29, 0.717) is 48.7 Å². The van der Waals surface area contributed by atoms with Gasteiger partial charge >= 0.3 is 6.03 Å². The Hall–Kier alpha value is -4.51. The number of benzene rings is 1. The van der Waals surface area contributed by atoms with Crippen LogP contribution in [0.1, 0.15) is 16.8 Å². The van der Waals surface area contributed by atoms with Crippen molar-refractivity contribution < 1.29 is 19.1 Å². The summed E-state index contributed by atoms with van der Waals surface area (Å²) >= 11 is 0.